The third kappa shape index (κ3) is 3.30. The number of aryl methyl sites for hydroxylation is 1. The van der Waals surface area contributed by atoms with Crippen LogP contribution >= 0.6 is 11.6 Å². The van der Waals surface area contributed by atoms with Crippen LogP contribution in [0.25, 0.3) is 0 Å². The number of aromatic nitrogens is 1. The maximum Gasteiger partial charge on any atom is 0.276 e. The molecule has 0 unspecified atom stereocenters. The molecule has 5 rings (SSSR count). The number of carbonyl (C=O) groups excluding carboxylic acids is 2. The first-order valence-electron chi connectivity index (χ1n) is 10.3. The van der Waals surface area contributed by atoms with E-state index in [9.17, 15) is 19.5 Å². The van der Waals surface area contributed by atoms with Gasteiger partial charge in [0.15, 0.2) is 17.7 Å². The van der Waals surface area contributed by atoms with Gasteiger partial charge in [0.25, 0.3) is 11.8 Å². The van der Waals surface area contributed by atoms with Gasteiger partial charge in [-0.2, -0.15) is 0 Å². The Hall–Kier alpha value is -2.84. The van der Waals surface area contributed by atoms with Gasteiger partial charge in [-0.25, -0.2) is 0 Å². The van der Waals surface area contributed by atoms with Crippen LogP contribution in [0.3, 0.4) is 0 Å². The molecular weight excluding hydrogens is 422 g/mol. The van der Waals surface area contributed by atoms with Gasteiger partial charge in [0.1, 0.15) is 5.56 Å². The van der Waals surface area contributed by atoms with E-state index in [1.807, 2.05) is 13.0 Å². The Bertz CT molecular complexity index is 1160. The molecule has 9 heteroatoms. The zero-order valence-electron chi connectivity index (χ0n) is 16.9. The quantitative estimate of drug-likeness (QED) is 0.757. The topological polar surface area (TPSA) is 101 Å². The highest BCUT2D eigenvalue weighted by Gasteiger charge is 2.47. The summed E-state index contributed by atoms with van der Waals surface area (Å²) in [5, 5.41) is 13.7. The molecule has 1 aromatic carbocycles. The predicted molar refractivity (Wildman–Crippen MR) is 112 cm³/mol. The standard InChI is InChI=1S/C22H22ClN3O5/c1-11-2-3-12(16(23)6-11)8-24-21(29)15-9-25-10-17-26(13-4-5-14(7-13)31-17)22(30)18(25)20(28)19(15)27/h2-3,6,9,13-14,17,28H,4-5,7-8,10H2,1H3,(H,24,29)/t13-,14+,17+/m0/s1. The molecule has 3 aliphatic rings. The molecule has 3 atom stereocenters. The lowest BCUT2D eigenvalue weighted by Crippen LogP contribution is -2.57. The van der Waals surface area contributed by atoms with E-state index in [0.717, 1.165) is 24.8 Å². The van der Waals surface area contributed by atoms with Crippen LogP contribution in [0, 0.1) is 6.92 Å². The SMILES string of the molecule is Cc1ccc(CNC(=O)c2cn3c(c(O)c2=O)C(=O)N2[C@H]4CC[C@H](C4)O[C@@H]2C3)c(Cl)c1. The van der Waals surface area contributed by atoms with E-state index >= 15 is 0 Å². The minimum atomic E-state index is -0.868. The molecule has 0 spiro atoms. The number of fused-ring (bicyclic) bond motifs is 5. The van der Waals surface area contributed by atoms with Gasteiger partial charge >= 0.3 is 0 Å². The van der Waals surface area contributed by atoms with E-state index in [2.05, 4.69) is 5.32 Å². The molecule has 2 N–H and O–H groups in total. The van der Waals surface area contributed by atoms with Crippen molar-refractivity contribution in [3.63, 3.8) is 0 Å². The molecule has 1 aliphatic carbocycles. The van der Waals surface area contributed by atoms with Crippen molar-refractivity contribution in [2.24, 2.45) is 0 Å². The molecule has 31 heavy (non-hydrogen) atoms. The van der Waals surface area contributed by atoms with Crippen LogP contribution in [0.15, 0.2) is 29.2 Å². The average Bonchev–Trinajstić information content (AvgIpc) is 3.10. The number of hydrogen-bond acceptors (Lipinski definition) is 5. The number of halogens is 1. The number of amides is 2. The number of nitrogens with zero attached hydrogens (tertiary/aromatic N) is 2. The fraction of sp³-hybridized carbons (Fsp3) is 0.409. The summed E-state index contributed by atoms with van der Waals surface area (Å²) < 4.78 is 7.47. The Balaban J connectivity index is 1.43. The van der Waals surface area contributed by atoms with Crippen LogP contribution in [-0.4, -0.2) is 44.8 Å². The highest BCUT2D eigenvalue weighted by Crippen LogP contribution is 2.38. The minimum absolute atomic E-state index is 0.0572. The molecule has 2 aromatic rings. The molecular formula is C22H22ClN3O5. The summed E-state index contributed by atoms with van der Waals surface area (Å²) in [6.07, 6.45) is 3.50. The first-order valence-corrected chi connectivity index (χ1v) is 10.7. The van der Waals surface area contributed by atoms with Crippen molar-refractivity contribution in [3.05, 3.63) is 62.0 Å². The number of nitrogens with one attached hydrogen (secondary N) is 1. The third-order valence-corrected chi connectivity index (χ3v) is 6.70. The molecule has 8 nitrogen and oxygen atoms in total. The number of aromatic hydroxyl groups is 1. The zero-order valence-corrected chi connectivity index (χ0v) is 17.7. The van der Waals surface area contributed by atoms with Gasteiger partial charge in [0.05, 0.1) is 12.6 Å². The maximum absolute atomic E-state index is 13.1. The van der Waals surface area contributed by atoms with Crippen molar-refractivity contribution < 1.29 is 19.4 Å². The number of hydrogen-bond donors (Lipinski definition) is 2. The van der Waals surface area contributed by atoms with Gasteiger partial charge in [-0.3, -0.25) is 14.4 Å². The summed E-state index contributed by atoms with van der Waals surface area (Å²) in [5.74, 6) is -1.79. The number of ether oxygens (including phenoxy) is 1. The highest BCUT2D eigenvalue weighted by atomic mass is 35.5. The molecule has 3 heterocycles. The van der Waals surface area contributed by atoms with E-state index in [-0.39, 0.29) is 36.5 Å². The van der Waals surface area contributed by atoms with Crippen LogP contribution in [0.5, 0.6) is 5.75 Å². The lowest BCUT2D eigenvalue weighted by Gasteiger charge is -2.44. The maximum atomic E-state index is 13.1. The molecule has 2 fully saturated rings. The molecule has 1 aromatic heterocycles. The van der Waals surface area contributed by atoms with Crippen LogP contribution in [0.1, 0.15) is 51.2 Å². The van der Waals surface area contributed by atoms with E-state index in [0.29, 0.717) is 10.6 Å². The third-order valence-electron chi connectivity index (χ3n) is 6.35. The monoisotopic (exact) mass is 443 g/mol. The van der Waals surface area contributed by atoms with Crippen molar-refractivity contribution in [3.8, 4) is 5.75 Å². The lowest BCUT2D eigenvalue weighted by atomic mass is 10.1. The Morgan fingerprint density at radius 2 is 2.13 bits per heavy atom. The first-order chi connectivity index (χ1) is 14.8. The van der Waals surface area contributed by atoms with Crippen LogP contribution in [0.2, 0.25) is 5.02 Å². The molecule has 1 saturated carbocycles. The number of benzene rings is 1. The van der Waals surface area contributed by atoms with E-state index < -0.39 is 29.2 Å². The first kappa shape index (κ1) is 20.1. The molecule has 2 bridgehead atoms. The van der Waals surface area contributed by atoms with Crippen molar-refractivity contribution in [2.45, 2.75) is 57.6 Å². The second-order valence-corrected chi connectivity index (χ2v) is 8.80. The summed E-state index contributed by atoms with van der Waals surface area (Å²) in [5.41, 5.74) is 0.514. The summed E-state index contributed by atoms with van der Waals surface area (Å²) in [7, 11) is 0. The largest absolute Gasteiger partial charge is 0.503 e. The van der Waals surface area contributed by atoms with Crippen LogP contribution in [-0.2, 0) is 17.8 Å². The minimum Gasteiger partial charge on any atom is -0.503 e. The normalized spacial score (nSPS) is 24.0. The molecule has 2 amide bonds. The molecule has 0 radical (unpaired) electrons. The predicted octanol–water partition coefficient (Wildman–Crippen LogP) is 2.18. The lowest BCUT2D eigenvalue weighted by molar-refractivity contribution is -0.132. The highest BCUT2D eigenvalue weighted by molar-refractivity contribution is 6.31. The fourth-order valence-corrected chi connectivity index (χ4v) is 5.08. The second kappa shape index (κ2) is 7.39. The van der Waals surface area contributed by atoms with Crippen molar-refractivity contribution in [1.29, 1.82) is 0 Å². The fourth-order valence-electron chi connectivity index (χ4n) is 4.78. The Kier molecular flexibility index (Phi) is 4.79. The van der Waals surface area contributed by atoms with Gasteiger partial charge in [0, 0.05) is 23.8 Å². The zero-order chi connectivity index (χ0) is 21.9. The van der Waals surface area contributed by atoms with Crippen molar-refractivity contribution >= 4 is 23.4 Å². The number of pyridine rings is 1. The Morgan fingerprint density at radius 1 is 1.32 bits per heavy atom. The van der Waals surface area contributed by atoms with E-state index in [1.165, 1.54) is 10.8 Å². The van der Waals surface area contributed by atoms with Gasteiger partial charge in [0.2, 0.25) is 5.43 Å². The van der Waals surface area contributed by atoms with Crippen molar-refractivity contribution in [2.75, 3.05) is 0 Å². The van der Waals surface area contributed by atoms with Gasteiger partial charge in [-0.1, -0.05) is 23.7 Å². The van der Waals surface area contributed by atoms with E-state index in [4.69, 9.17) is 16.3 Å². The molecule has 1 saturated heterocycles. The number of rotatable bonds is 3. The van der Waals surface area contributed by atoms with Gasteiger partial charge < -0.3 is 24.6 Å². The summed E-state index contributed by atoms with van der Waals surface area (Å²) in [4.78, 5) is 40.2. The number of carbonyl (C=O) groups is 2. The van der Waals surface area contributed by atoms with Crippen molar-refractivity contribution in [1.82, 2.24) is 14.8 Å². The summed E-state index contributed by atoms with van der Waals surface area (Å²) >= 11 is 6.21. The van der Waals surface area contributed by atoms with Gasteiger partial charge in [-0.15, -0.1) is 0 Å². The molecule has 162 valence electrons. The average molecular weight is 444 g/mol. The second-order valence-electron chi connectivity index (χ2n) is 8.39. The Morgan fingerprint density at radius 3 is 2.90 bits per heavy atom. The van der Waals surface area contributed by atoms with E-state index in [1.54, 1.807) is 17.0 Å². The summed E-state index contributed by atoms with van der Waals surface area (Å²) in [6.45, 7) is 2.29. The molecule has 2 aliphatic heterocycles. The Labute approximate surface area is 183 Å². The summed E-state index contributed by atoms with van der Waals surface area (Å²) in [6, 6.07) is 5.53. The van der Waals surface area contributed by atoms with Crippen LogP contribution < -0.4 is 10.7 Å². The van der Waals surface area contributed by atoms with Gasteiger partial charge in [-0.05, 0) is 43.4 Å². The van der Waals surface area contributed by atoms with Crippen LogP contribution in [0.4, 0.5) is 0 Å². The smallest absolute Gasteiger partial charge is 0.276 e.